The highest BCUT2D eigenvalue weighted by atomic mass is 16.5. The Hall–Kier alpha value is -1.64. The smallest absolute Gasteiger partial charge is 0.177 e. The maximum absolute atomic E-state index is 11.4. The SMILES string of the molecule is O=C1COc2ccccc2C(=O)C1. The predicted molar refractivity (Wildman–Crippen MR) is 45.9 cm³/mol. The third-order valence-electron chi connectivity index (χ3n) is 1.93. The van der Waals surface area contributed by atoms with Crippen LogP contribution in [0.3, 0.4) is 0 Å². The van der Waals surface area contributed by atoms with E-state index in [1.54, 1.807) is 24.3 Å². The van der Waals surface area contributed by atoms with Gasteiger partial charge in [-0.1, -0.05) is 12.1 Å². The highest BCUT2D eigenvalue weighted by molar-refractivity contribution is 6.10. The van der Waals surface area contributed by atoms with E-state index in [4.69, 9.17) is 4.74 Å². The van der Waals surface area contributed by atoms with Crippen molar-refractivity contribution in [1.29, 1.82) is 0 Å². The second kappa shape index (κ2) is 3.01. The largest absolute Gasteiger partial charge is 0.485 e. The third kappa shape index (κ3) is 1.45. The van der Waals surface area contributed by atoms with Gasteiger partial charge in [0, 0.05) is 0 Å². The van der Waals surface area contributed by atoms with Gasteiger partial charge in [-0.25, -0.2) is 0 Å². The number of rotatable bonds is 0. The average molecular weight is 176 g/mol. The van der Waals surface area contributed by atoms with Crippen molar-refractivity contribution in [3.63, 3.8) is 0 Å². The number of Topliss-reactive ketones (excluding diaryl/α,β-unsaturated/α-hetero) is 2. The molecule has 13 heavy (non-hydrogen) atoms. The van der Waals surface area contributed by atoms with Crippen LogP contribution in [0.2, 0.25) is 0 Å². The molecule has 1 aliphatic rings. The first kappa shape index (κ1) is 7.98. The number of ketones is 2. The summed E-state index contributed by atoms with van der Waals surface area (Å²) in [6, 6.07) is 6.92. The maximum Gasteiger partial charge on any atom is 0.177 e. The second-order valence-electron chi connectivity index (χ2n) is 2.92. The lowest BCUT2D eigenvalue weighted by atomic mass is 10.1. The molecule has 66 valence electrons. The van der Waals surface area contributed by atoms with Gasteiger partial charge in [0.15, 0.2) is 11.6 Å². The summed E-state index contributed by atoms with van der Waals surface area (Å²) in [4.78, 5) is 22.4. The van der Waals surface area contributed by atoms with Crippen molar-refractivity contribution in [2.45, 2.75) is 6.42 Å². The summed E-state index contributed by atoms with van der Waals surface area (Å²) in [7, 11) is 0. The van der Waals surface area contributed by atoms with E-state index in [2.05, 4.69) is 0 Å². The van der Waals surface area contributed by atoms with E-state index >= 15 is 0 Å². The van der Waals surface area contributed by atoms with Crippen molar-refractivity contribution in [2.75, 3.05) is 6.61 Å². The van der Waals surface area contributed by atoms with Crippen LogP contribution in [-0.2, 0) is 4.79 Å². The lowest BCUT2D eigenvalue weighted by molar-refractivity contribution is -0.119. The van der Waals surface area contributed by atoms with Crippen molar-refractivity contribution in [3.05, 3.63) is 29.8 Å². The fourth-order valence-electron chi connectivity index (χ4n) is 1.31. The van der Waals surface area contributed by atoms with E-state index in [9.17, 15) is 9.59 Å². The van der Waals surface area contributed by atoms with Crippen LogP contribution >= 0.6 is 0 Å². The van der Waals surface area contributed by atoms with Crippen molar-refractivity contribution < 1.29 is 14.3 Å². The molecule has 3 nitrogen and oxygen atoms in total. The first-order chi connectivity index (χ1) is 6.27. The molecule has 0 saturated heterocycles. The molecule has 1 heterocycles. The van der Waals surface area contributed by atoms with Crippen LogP contribution in [-0.4, -0.2) is 18.2 Å². The summed E-state index contributed by atoms with van der Waals surface area (Å²) in [5.74, 6) is 0.192. The number of hydrogen-bond acceptors (Lipinski definition) is 3. The topological polar surface area (TPSA) is 43.4 Å². The molecule has 0 amide bonds. The zero-order valence-electron chi connectivity index (χ0n) is 6.95. The minimum absolute atomic E-state index is 0.00273. The van der Waals surface area contributed by atoms with Gasteiger partial charge in [0.25, 0.3) is 0 Å². The van der Waals surface area contributed by atoms with Crippen LogP contribution in [0.1, 0.15) is 16.8 Å². The minimum Gasteiger partial charge on any atom is -0.485 e. The lowest BCUT2D eigenvalue weighted by Gasteiger charge is -2.02. The molecular weight excluding hydrogens is 168 g/mol. The van der Waals surface area contributed by atoms with Crippen LogP contribution in [0.5, 0.6) is 5.75 Å². The summed E-state index contributed by atoms with van der Waals surface area (Å²) in [5.41, 5.74) is 0.508. The molecule has 3 heteroatoms. The summed E-state index contributed by atoms with van der Waals surface area (Å²) in [6.07, 6.45) is -0.0446. The molecule has 0 aliphatic carbocycles. The zero-order chi connectivity index (χ0) is 9.26. The molecule has 0 atom stereocenters. The van der Waals surface area contributed by atoms with Gasteiger partial charge >= 0.3 is 0 Å². The number of carbonyl (C=O) groups is 2. The summed E-state index contributed by atoms with van der Waals surface area (Å²) in [5, 5.41) is 0. The Morgan fingerprint density at radius 1 is 1.15 bits per heavy atom. The Kier molecular flexibility index (Phi) is 1.85. The molecule has 0 radical (unpaired) electrons. The standard InChI is InChI=1S/C10H8O3/c11-7-5-9(12)8-3-1-2-4-10(8)13-6-7/h1-4H,5-6H2. The molecule has 0 N–H and O–H groups in total. The van der Waals surface area contributed by atoms with Gasteiger partial charge in [0.2, 0.25) is 0 Å². The molecule has 1 aromatic rings. The molecule has 0 unspecified atom stereocenters. The Labute approximate surface area is 75.3 Å². The van der Waals surface area contributed by atoms with Crippen molar-refractivity contribution in [3.8, 4) is 5.75 Å². The number of ether oxygens (including phenoxy) is 1. The number of hydrogen-bond donors (Lipinski definition) is 0. The van der Waals surface area contributed by atoms with Crippen molar-refractivity contribution >= 4 is 11.6 Å². The van der Waals surface area contributed by atoms with Crippen LogP contribution in [0, 0.1) is 0 Å². The Morgan fingerprint density at radius 3 is 2.77 bits per heavy atom. The molecule has 1 aliphatic heterocycles. The average Bonchev–Trinajstić information content (AvgIpc) is 2.27. The van der Waals surface area contributed by atoms with Gasteiger partial charge in [-0.3, -0.25) is 9.59 Å². The second-order valence-corrected chi connectivity index (χ2v) is 2.92. The quantitative estimate of drug-likeness (QED) is 0.558. The van der Waals surface area contributed by atoms with E-state index in [1.807, 2.05) is 0 Å². The van der Waals surface area contributed by atoms with Crippen LogP contribution in [0.4, 0.5) is 0 Å². The molecule has 0 bridgehead atoms. The molecule has 1 aromatic carbocycles. The van der Waals surface area contributed by atoms with E-state index < -0.39 is 0 Å². The van der Waals surface area contributed by atoms with Gasteiger partial charge in [-0.15, -0.1) is 0 Å². The summed E-state index contributed by atoms with van der Waals surface area (Å²) < 4.78 is 5.16. The first-order valence-electron chi connectivity index (χ1n) is 4.04. The fourth-order valence-corrected chi connectivity index (χ4v) is 1.31. The summed E-state index contributed by atoms with van der Waals surface area (Å²) >= 11 is 0. The van der Waals surface area contributed by atoms with Crippen LogP contribution < -0.4 is 4.74 Å². The van der Waals surface area contributed by atoms with Gasteiger partial charge in [0.1, 0.15) is 12.4 Å². The predicted octanol–water partition coefficient (Wildman–Crippen LogP) is 1.22. The number of benzene rings is 1. The Morgan fingerprint density at radius 2 is 1.92 bits per heavy atom. The highest BCUT2D eigenvalue weighted by Gasteiger charge is 2.20. The van der Waals surface area contributed by atoms with Crippen molar-refractivity contribution in [2.24, 2.45) is 0 Å². The minimum atomic E-state index is -0.166. The van der Waals surface area contributed by atoms with Crippen LogP contribution in [0.15, 0.2) is 24.3 Å². The lowest BCUT2D eigenvalue weighted by Crippen LogP contribution is -2.10. The van der Waals surface area contributed by atoms with Gasteiger partial charge in [-0.2, -0.15) is 0 Å². The van der Waals surface area contributed by atoms with Gasteiger partial charge < -0.3 is 4.74 Å². The maximum atomic E-state index is 11.4. The summed E-state index contributed by atoms with van der Waals surface area (Å²) in [6.45, 7) is 0.00273. The van der Waals surface area contributed by atoms with E-state index in [0.717, 1.165) is 0 Å². The number of carbonyl (C=O) groups excluding carboxylic acids is 2. The Balaban J connectivity index is 2.46. The molecule has 2 rings (SSSR count). The van der Waals surface area contributed by atoms with E-state index in [0.29, 0.717) is 11.3 Å². The zero-order valence-corrected chi connectivity index (χ0v) is 6.95. The van der Waals surface area contributed by atoms with Crippen LogP contribution in [0.25, 0.3) is 0 Å². The van der Waals surface area contributed by atoms with Gasteiger partial charge in [-0.05, 0) is 12.1 Å². The fraction of sp³-hybridized carbons (Fsp3) is 0.200. The first-order valence-corrected chi connectivity index (χ1v) is 4.04. The number of fused-ring (bicyclic) bond motifs is 1. The number of para-hydroxylation sites is 1. The van der Waals surface area contributed by atoms with E-state index in [-0.39, 0.29) is 24.6 Å². The Bertz CT molecular complexity index is 368. The van der Waals surface area contributed by atoms with Gasteiger partial charge in [0.05, 0.1) is 12.0 Å². The molecule has 0 aromatic heterocycles. The van der Waals surface area contributed by atoms with Crippen molar-refractivity contribution in [1.82, 2.24) is 0 Å². The normalized spacial score (nSPS) is 16.0. The third-order valence-corrected chi connectivity index (χ3v) is 1.93. The molecule has 0 saturated carbocycles. The van der Waals surface area contributed by atoms with E-state index in [1.165, 1.54) is 0 Å². The molecule has 0 fully saturated rings. The monoisotopic (exact) mass is 176 g/mol. The molecule has 0 spiro atoms. The highest BCUT2D eigenvalue weighted by Crippen LogP contribution is 2.22. The molecular formula is C10H8O3.